The number of nitrogens with zero attached hydrogens (tertiary/aromatic N) is 2. The van der Waals surface area contributed by atoms with Crippen molar-refractivity contribution in [3.05, 3.63) is 84.4 Å². The summed E-state index contributed by atoms with van der Waals surface area (Å²) in [5.41, 5.74) is 1.26. The molecule has 0 saturated carbocycles. The van der Waals surface area contributed by atoms with E-state index in [2.05, 4.69) is 4.98 Å². The molecule has 1 aromatic heterocycles. The molecule has 122 valence electrons. The maximum absolute atomic E-state index is 12.3. The van der Waals surface area contributed by atoms with Crippen molar-refractivity contribution in [2.24, 2.45) is 0 Å². The number of carbonyl (C=O) groups excluding carboxylic acids is 1. The van der Waals surface area contributed by atoms with Crippen molar-refractivity contribution in [2.45, 2.75) is 12.6 Å². The van der Waals surface area contributed by atoms with Crippen LogP contribution in [-0.2, 0) is 6.54 Å². The normalized spacial score (nSPS) is 11.9. The molecule has 5 nitrogen and oxygen atoms in total. The van der Waals surface area contributed by atoms with Gasteiger partial charge in [0, 0.05) is 23.5 Å². The van der Waals surface area contributed by atoms with Crippen molar-refractivity contribution in [3.63, 3.8) is 0 Å². The number of rotatable bonds is 7. The Morgan fingerprint density at radius 1 is 1.08 bits per heavy atom. The molecule has 0 spiro atoms. The van der Waals surface area contributed by atoms with E-state index in [1.165, 1.54) is 0 Å². The fourth-order valence-corrected chi connectivity index (χ4v) is 2.34. The number of aromatic nitrogens is 2. The van der Waals surface area contributed by atoms with E-state index in [0.717, 1.165) is 0 Å². The third-order valence-corrected chi connectivity index (χ3v) is 3.58. The highest BCUT2D eigenvalue weighted by molar-refractivity contribution is 6.08. The molecule has 1 heterocycles. The lowest BCUT2D eigenvalue weighted by molar-refractivity contribution is 0.0924. The Morgan fingerprint density at radius 3 is 2.46 bits per heavy atom. The summed E-state index contributed by atoms with van der Waals surface area (Å²) in [5.74, 6) is 0.589. The Hall–Kier alpha value is -2.92. The first kappa shape index (κ1) is 16.0. The molecular weight excluding hydrogens is 304 g/mol. The molecule has 1 N–H and O–H groups in total. The number of hydrogen-bond acceptors (Lipinski definition) is 4. The van der Waals surface area contributed by atoms with E-state index in [1.54, 1.807) is 59.7 Å². The summed E-state index contributed by atoms with van der Waals surface area (Å²) in [6, 6.07) is 16.1. The third kappa shape index (κ3) is 4.08. The second-order valence-electron chi connectivity index (χ2n) is 5.44. The number of imidazole rings is 1. The summed E-state index contributed by atoms with van der Waals surface area (Å²) >= 11 is 0. The van der Waals surface area contributed by atoms with Crippen molar-refractivity contribution in [3.8, 4) is 5.75 Å². The minimum absolute atomic E-state index is 0.0257. The summed E-state index contributed by atoms with van der Waals surface area (Å²) < 4.78 is 7.35. The predicted octanol–water partition coefficient (Wildman–Crippen LogP) is 2.55. The van der Waals surface area contributed by atoms with Gasteiger partial charge in [0.05, 0.1) is 12.9 Å². The van der Waals surface area contributed by atoms with Gasteiger partial charge >= 0.3 is 0 Å². The molecule has 3 aromatic rings. The first-order valence-corrected chi connectivity index (χ1v) is 7.69. The molecule has 3 rings (SSSR count). The van der Waals surface area contributed by atoms with Gasteiger partial charge in [0.25, 0.3) is 0 Å². The average Bonchev–Trinajstić information content (AvgIpc) is 3.13. The van der Waals surface area contributed by atoms with Gasteiger partial charge < -0.3 is 14.4 Å². The first-order valence-electron chi connectivity index (χ1n) is 7.69. The SMILES string of the molecule is O=C(c1ccccc1)c1ccc(OCC(O)Cn2ccnc2)cc1. The van der Waals surface area contributed by atoms with E-state index < -0.39 is 6.10 Å². The second-order valence-corrected chi connectivity index (χ2v) is 5.44. The van der Waals surface area contributed by atoms with Crippen LogP contribution in [0.2, 0.25) is 0 Å². The summed E-state index contributed by atoms with van der Waals surface area (Å²) in [6.07, 6.45) is 4.46. The van der Waals surface area contributed by atoms with E-state index in [1.807, 2.05) is 18.2 Å². The van der Waals surface area contributed by atoms with Gasteiger partial charge in [-0.2, -0.15) is 0 Å². The monoisotopic (exact) mass is 322 g/mol. The first-order chi connectivity index (χ1) is 11.7. The lowest BCUT2D eigenvalue weighted by Gasteiger charge is -2.13. The van der Waals surface area contributed by atoms with Gasteiger partial charge in [0.15, 0.2) is 5.78 Å². The zero-order valence-corrected chi connectivity index (χ0v) is 13.1. The number of ketones is 1. The van der Waals surface area contributed by atoms with Crippen LogP contribution in [0.3, 0.4) is 0 Å². The summed E-state index contributed by atoms with van der Waals surface area (Å²) in [7, 11) is 0. The highest BCUT2D eigenvalue weighted by Crippen LogP contribution is 2.15. The van der Waals surface area contributed by atoms with Crippen LogP contribution in [0.1, 0.15) is 15.9 Å². The number of ether oxygens (including phenoxy) is 1. The van der Waals surface area contributed by atoms with Crippen LogP contribution in [-0.4, -0.2) is 33.2 Å². The maximum Gasteiger partial charge on any atom is 0.193 e. The number of hydrogen-bond donors (Lipinski definition) is 1. The number of carbonyl (C=O) groups is 1. The van der Waals surface area contributed by atoms with E-state index in [-0.39, 0.29) is 12.4 Å². The highest BCUT2D eigenvalue weighted by Gasteiger charge is 2.09. The molecule has 0 aliphatic rings. The molecule has 0 fully saturated rings. The van der Waals surface area contributed by atoms with Crippen LogP contribution in [0, 0.1) is 0 Å². The quantitative estimate of drug-likeness (QED) is 0.679. The molecule has 0 bridgehead atoms. The van der Waals surface area contributed by atoms with Crippen molar-refractivity contribution in [1.82, 2.24) is 9.55 Å². The Bertz CT molecular complexity index is 768. The molecular formula is C19H18N2O3. The highest BCUT2D eigenvalue weighted by atomic mass is 16.5. The molecule has 1 atom stereocenters. The van der Waals surface area contributed by atoms with Gasteiger partial charge in [0.1, 0.15) is 18.5 Å². The smallest absolute Gasteiger partial charge is 0.193 e. The van der Waals surface area contributed by atoms with Crippen molar-refractivity contribution in [2.75, 3.05) is 6.61 Å². The average molecular weight is 322 g/mol. The molecule has 0 amide bonds. The topological polar surface area (TPSA) is 64.3 Å². The fourth-order valence-electron chi connectivity index (χ4n) is 2.34. The van der Waals surface area contributed by atoms with Crippen molar-refractivity contribution >= 4 is 5.78 Å². The summed E-state index contributed by atoms with van der Waals surface area (Å²) in [6.45, 7) is 0.592. The fraction of sp³-hybridized carbons (Fsp3) is 0.158. The number of aliphatic hydroxyl groups is 1. The number of aliphatic hydroxyl groups excluding tert-OH is 1. The third-order valence-electron chi connectivity index (χ3n) is 3.58. The Morgan fingerprint density at radius 2 is 1.79 bits per heavy atom. The van der Waals surface area contributed by atoms with Gasteiger partial charge in [0.2, 0.25) is 0 Å². The van der Waals surface area contributed by atoms with Crippen molar-refractivity contribution < 1.29 is 14.6 Å². The van der Waals surface area contributed by atoms with Crippen LogP contribution >= 0.6 is 0 Å². The van der Waals surface area contributed by atoms with Crippen LogP contribution in [0.5, 0.6) is 5.75 Å². The second kappa shape index (κ2) is 7.57. The predicted molar refractivity (Wildman–Crippen MR) is 90.0 cm³/mol. The molecule has 0 aliphatic carbocycles. The minimum atomic E-state index is -0.634. The van der Waals surface area contributed by atoms with E-state index in [4.69, 9.17) is 4.74 Å². The van der Waals surface area contributed by atoms with E-state index in [0.29, 0.717) is 23.4 Å². The zero-order valence-electron chi connectivity index (χ0n) is 13.1. The standard InChI is InChI=1S/C19H18N2O3/c22-17(12-21-11-10-20-14-21)13-24-18-8-6-16(7-9-18)19(23)15-4-2-1-3-5-15/h1-11,14,17,22H,12-13H2. The molecule has 2 aromatic carbocycles. The zero-order chi connectivity index (χ0) is 16.8. The van der Waals surface area contributed by atoms with Crippen LogP contribution < -0.4 is 4.74 Å². The molecule has 0 radical (unpaired) electrons. The van der Waals surface area contributed by atoms with E-state index in [9.17, 15) is 9.90 Å². The summed E-state index contributed by atoms with van der Waals surface area (Å²) in [4.78, 5) is 16.2. The molecule has 24 heavy (non-hydrogen) atoms. The van der Waals surface area contributed by atoms with Gasteiger partial charge in [-0.1, -0.05) is 30.3 Å². The summed E-state index contributed by atoms with van der Waals surface area (Å²) in [5, 5.41) is 9.95. The van der Waals surface area contributed by atoms with Crippen molar-refractivity contribution in [1.29, 1.82) is 0 Å². The minimum Gasteiger partial charge on any atom is -0.491 e. The van der Waals surface area contributed by atoms with Gasteiger partial charge in [-0.25, -0.2) is 4.98 Å². The lowest BCUT2D eigenvalue weighted by Crippen LogP contribution is -2.23. The van der Waals surface area contributed by atoms with Crippen LogP contribution in [0.15, 0.2) is 73.3 Å². The van der Waals surface area contributed by atoms with Gasteiger partial charge in [-0.3, -0.25) is 4.79 Å². The van der Waals surface area contributed by atoms with E-state index >= 15 is 0 Å². The Kier molecular flexibility index (Phi) is 5.03. The van der Waals surface area contributed by atoms with Crippen LogP contribution in [0.25, 0.3) is 0 Å². The molecule has 0 aliphatic heterocycles. The Labute approximate surface area is 140 Å². The maximum atomic E-state index is 12.3. The largest absolute Gasteiger partial charge is 0.491 e. The van der Waals surface area contributed by atoms with Gasteiger partial charge in [-0.05, 0) is 24.3 Å². The van der Waals surface area contributed by atoms with Crippen LogP contribution in [0.4, 0.5) is 0 Å². The molecule has 0 saturated heterocycles. The Balaban J connectivity index is 1.55. The van der Waals surface area contributed by atoms with Gasteiger partial charge in [-0.15, -0.1) is 0 Å². The molecule has 1 unspecified atom stereocenters. The lowest BCUT2D eigenvalue weighted by atomic mass is 10.0. The molecule has 5 heteroatoms. The number of benzene rings is 2.